The van der Waals surface area contributed by atoms with Crippen molar-refractivity contribution in [1.82, 2.24) is 14.5 Å². The zero-order valence-electron chi connectivity index (χ0n) is 20.1. The average Bonchev–Trinajstić information content (AvgIpc) is 3.23. The molecular weight excluding hydrogens is 468 g/mol. The zero-order chi connectivity index (χ0) is 25.1. The Hall–Kier alpha value is -3.92. The van der Waals surface area contributed by atoms with Crippen molar-refractivity contribution in [2.75, 3.05) is 32.4 Å². The molecule has 10 heteroatoms. The number of thioether (sulfide) groups is 1. The number of H-pyrrole nitrogens is 1. The van der Waals surface area contributed by atoms with Crippen molar-refractivity contribution in [3.8, 4) is 22.9 Å². The molecule has 0 fully saturated rings. The second kappa shape index (κ2) is 10.1. The second-order valence-corrected chi connectivity index (χ2v) is 8.78. The van der Waals surface area contributed by atoms with E-state index < -0.39 is 0 Å². The molecule has 35 heavy (non-hydrogen) atoms. The highest BCUT2D eigenvalue weighted by atomic mass is 32.2. The summed E-state index contributed by atoms with van der Waals surface area (Å²) in [6, 6.07) is 12.7. The SMILES string of the molecule is COc1cc(NC(=O)CSc2nc3cc(C)[nH]c3c(=O)n2-c2ccc(C)cc2)cc(OC)c1OC. The van der Waals surface area contributed by atoms with Gasteiger partial charge in [0.25, 0.3) is 5.56 Å². The van der Waals surface area contributed by atoms with Gasteiger partial charge < -0.3 is 24.5 Å². The van der Waals surface area contributed by atoms with Crippen LogP contribution in [0, 0.1) is 13.8 Å². The largest absolute Gasteiger partial charge is 0.493 e. The molecule has 0 saturated heterocycles. The molecule has 0 aliphatic rings. The number of ether oxygens (including phenoxy) is 3. The molecule has 0 bridgehead atoms. The van der Waals surface area contributed by atoms with Gasteiger partial charge in [-0.15, -0.1) is 0 Å². The van der Waals surface area contributed by atoms with Crippen LogP contribution in [0.4, 0.5) is 5.69 Å². The molecule has 182 valence electrons. The van der Waals surface area contributed by atoms with Crippen molar-refractivity contribution < 1.29 is 19.0 Å². The van der Waals surface area contributed by atoms with Crippen LogP contribution in [0.3, 0.4) is 0 Å². The third kappa shape index (κ3) is 4.97. The number of aromatic amines is 1. The highest BCUT2D eigenvalue weighted by Gasteiger charge is 2.18. The predicted molar refractivity (Wildman–Crippen MR) is 137 cm³/mol. The number of hydrogen-bond donors (Lipinski definition) is 2. The number of rotatable bonds is 8. The molecule has 0 aliphatic carbocycles. The quantitative estimate of drug-likeness (QED) is 0.281. The lowest BCUT2D eigenvalue weighted by atomic mass is 10.2. The van der Waals surface area contributed by atoms with Crippen molar-refractivity contribution in [2.45, 2.75) is 19.0 Å². The van der Waals surface area contributed by atoms with Crippen molar-refractivity contribution in [2.24, 2.45) is 0 Å². The van der Waals surface area contributed by atoms with Gasteiger partial charge in [-0.05, 0) is 32.0 Å². The Morgan fingerprint density at radius 1 is 1.03 bits per heavy atom. The molecule has 0 saturated carbocycles. The first-order valence-corrected chi connectivity index (χ1v) is 11.7. The average molecular weight is 495 g/mol. The molecule has 0 spiro atoms. The number of fused-ring (bicyclic) bond motifs is 1. The third-order valence-electron chi connectivity index (χ3n) is 5.33. The molecule has 4 aromatic rings. The summed E-state index contributed by atoms with van der Waals surface area (Å²) in [5.41, 5.74) is 3.84. The molecule has 0 unspecified atom stereocenters. The number of methoxy groups -OCH3 is 3. The van der Waals surface area contributed by atoms with Crippen molar-refractivity contribution in [3.05, 3.63) is 64.1 Å². The lowest BCUT2D eigenvalue weighted by Gasteiger charge is -2.15. The third-order valence-corrected chi connectivity index (χ3v) is 6.27. The number of aromatic nitrogens is 3. The van der Waals surface area contributed by atoms with Gasteiger partial charge in [0.05, 0.1) is 38.3 Å². The molecule has 2 aromatic carbocycles. The Labute approximate surface area is 206 Å². The monoisotopic (exact) mass is 494 g/mol. The summed E-state index contributed by atoms with van der Waals surface area (Å²) in [7, 11) is 4.53. The van der Waals surface area contributed by atoms with Crippen LogP contribution in [0.5, 0.6) is 17.2 Å². The predicted octanol–water partition coefficient (Wildman–Crippen LogP) is 4.09. The van der Waals surface area contributed by atoms with Gasteiger partial charge in [0.1, 0.15) is 5.52 Å². The summed E-state index contributed by atoms with van der Waals surface area (Å²) in [5.74, 6) is 1.04. The van der Waals surface area contributed by atoms with E-state index in [0.29, 0.717) is 44.8 Å². The Bertz CT molecular complexity index is 1420. The Kier molecular flexibility index (Phi) is 7.02. The van der Waals surface area contributed by atoms with Crippen molar-refractivity contribution in [1.29, 1.82) is 0 Å². The van der Waals surface area contributed by atoms with Gasteiger partial charge in [0.15, 0.2) is 16.7 Å². The van der Waals surface area contributed by atoms with Gasteiger partial charge in [-0.25, -0.2) is 4.98 Å². The van der Waals surface area contributed by atoms with Crippen LogP contribution < -0.4 is 25.1 Å². The first-order valence-electron chi connectivity index (χ1n) is 10.8. The summed E-state index contributed by atoms with van der Waals surface area (Å²) >= 11 is 1.18. The smallest absolute Gasteiger partial charge is 0.283 e. The molecule has 2 N–H and O–H groups in total. The number of benzene rings is 2. The fourth-order valence-corrected chi connectivity index (χ4v) is 4.49. The Morgan fingerprint density at radius 3 is 2.29 bits per heavy atom. The first kappa shape index (κ1) is 24.2. The summed E-state index contributed by atoms with van der Waals surface area (Å²) < 4.78 is 17.5. The fraction of sp³-hybridized carbons (Fsp3) is 0.240. The summed E-state index contributed by atoms with van der Waals surface area (Å²) in [5, 5.41) is 3.26. The number of hydrogen-bond acceptors (Lipinski definition) is 7. The van der Waals surface area contributed by atoms with Crippen LogP contribution in [0.25, 0.3) is 16.7 Å². The minimum atomic E-state index is -0.278. The number of amides is 1. The van der Waals surface area contributed by atoms with E-state index in [4.69, 9.17) is 14.2 Å². The van der Waals surface area contributed by atoms with Crippen LogP contribution >= 0.6 is 11.8 Å². The van der Waals surface area contributed by atoms with E-state index >= 15 is 0 Å². The van der Waals surface area contributed by atoms with E-state index in [1.54, 1.807) is 12.1 Å². The molecule has 0 aliphatic heterocycles. The highest BCUT2D eigenvalue weighted by Crippen LogP contribution is 2.40. The van der Waals surface area contributed by atoms with E-state index in [2.05, 4.69) is 15.3 Å². The zero-order valence-corrected chi connectivity index (χ0v) is 20.9. The van der Waals surface area contributed by atoms with Crippen LogP contribution in [0.2, 0.25) is 0 Å². The normalized spacial score (nSPS) is 10.9. The lowest BCUT2D eigenvalue weighted by molar-refractivity contribution is -0.113. The van der Waals surface area contributed by atoms with Gasteiger partial charge >= 0.3 is 0 Å². The van der Waals surface area contributed by atoms with Crippen LogP contribution in [0.1, 0.15) is 11.3 Å². The standard InChI is InChI=1S/C25H26N4O5S/c1-14-6-8-17(9-7-14)29-24(31)22-18(10-15(2)26-22)28-25(29)35-13-21(30)27-16-11-19(32-3)23(34-5)20(12-16)33-4/h6-12,26H,13H2,1-5H3,(H,27,30). The lowest BCUT2D eigenvalue weighted by Crippen LogP contribution is -2.23. The second-order valence-electron chi connectivity index (χ2n) is 7.83. The molecule has 4 rings (SSSR count). The van der Waals surface area contributed by atoms with E-state index in [-0.39, 0.29) is 17.2 Å². The topological polar surface area (TPSA) is 107 Å². The van der Waals surface area contributed by atoms with Crippen molar-refractivity contribution >= 4 is 34.4 Å². The number of nitrogens with one attached hydrogen (secondary N) is 2. The number of aryl methyl sites for hydroxylation is 2. The van der Waals surface area contributed by atoms with Gasteiger partial charge in [-0.1, -0.05) is 29.5 Å². The van der Waals surface area contributed by atoms with Crippen LogP contribution in [-0.2, 0) is 4.79 Å². The minimum absolute atomic E-state index is 0.0316. The molecule has 2 heterocycles. The number of carbonyl (C=O) groups excluding carboxylic acids is 1. The summed E-state index contributed by atoms with van der Waals surface area (Å²) in [6.45, 7) is 3.85. The van der Waals surface area contributed by atoms with Gasteiger partial charge in [-0.3, -0.25) is 14.2 Å². The number of nitrogens with zero attached hydrogens (tertiary/aromatic N) is 2. The summed E-state index contributed by atoms with van der Waals surface area (Å²) in [6.07, 6.45) is 0. The first-order chi connectivity index (χ1) is 16.8. The van der Waals surface area contributed by atoms with Crippen LogP contribution in [0.15, 0.2) is 52.4 Å². The highest BCUT2D eigenvalue weighted by molar-refractivity contribution is 7.99. The van der Waals surface area contributed by atoms with Gasteiger partial charge in [0, 0.05) is 23.5 Å². The molecule has 0 atom stereocenters. The van der Waals surface area contributed by atoms with Gasteiger partial charge in [0.2, 0.25) is 11.7 Å². The minimum Gasteiger partial charge on any atom is -0.493 e. The molecular formula is C25H26N4O5S. The number of carbonyl (C=O) groups is 1. The fourth-order valence-electron chi connectivity index (χ4n) is 3.68. The maximum atomic E-state index is 13.3. The Balaban J connectivity index is 1.63. The molecule has 2 aromatic heterocycles. The van der Waals surface area contributed by atoms with E-state index in [0.717, 1.165) is 11.3 Å². The maximum absolute atomic E-state index is 13.3. The Morgan fingerprint density at radius 2 is 1.69 bits per heavy atom. The summed E-state index contributed by atoms with van der Waals surface area (Å²) in [4.78, 5) is 33.9. The number of anilines is 1. The maximum Gasteiger partial charge on any atom is 0.283 e. The molecule has 9 nitrogen and oxygen atoms in total. The molecule has 0 radical (unpaired) electrons. The van der Waals surface area contributed by atoms with Crippen molar-refractivity contribution in [3.63, 3.8) is 0 Å². The van der Waals surface area contributed by atoms with E-state index in [9.17, 15) is 9.59 Å². The van der Waals surface area contributed by atoms with Crippen LogP contribution in [-0.4, -0.2) is 47.5 Å². The van der Waals surface area contributed by atoms with E-state index in [1.165, 1.54) is 37.7 Å². The molecule has 1 amide bonds. The van der Waals surface area contributed by atoms with E-state index in [1.807, 2.05) is 44.2 Å². The van der Waals surface area contributed by atoms with Gasteiger partial charge in [-0.2, -0.15) is 0 Å².